The van der Waals surface area contributed by atoms with Crippen LogP contribution in [0.25, 0.3) is 54.6 Å². The molecular weight excluding hydrogens is 555 g/mol. The van der Waals surface area contributed by atoms with Crippen LogP contribution in [0.4, 0.5) is 17.1 Å². The van der Waals surface area contributed by atoms with Crippen molar-refractivity contribution in [2.45, 2.75) is 19.3 Å². The van der Waals surface area contributed by atoms with Crippen LogP contribution in [0.3, 0.4) is 0 Å². The Morgan fingerprint density at radius 1 is 0.413 bits per heavy atom. The number of nitrogens with zero attached hydrogens (tertiary/aromatic N) is 1. The molecule has 1 aliphatic carbocycles. The van der Waals surface area contributed by atoms with Crippen LogP contribution >= 0.6 is 0 Å². The van der Waals surface area contributed by atoms with Crippen LogP contribution in [0, 0.1) is 0 Å². The molecule has 1 aliphatic rings. The second kappa shape index (κ2) is 10.2. The third-order valence-corrected chi connectivity index (χ3v) is 10.0. The summed E-state index contributed by atoms with van der Waals surface area (Å²) in [6.07, 6.45) is 0. The van der Waals surface area contributed by atoms with Crippen LogP contribution in [0.1, 0.15) is 25.0 Å². The van der Waals surface area contributed by atoms with Gasteiger partial charge >= 0.3 is 0 Å². The summed E-state index contributed by atoms with van der Waals surface area (Å²) in [6.45, 7) is 4.69. The third-order valence-electron chi connectivity index (χ3n) is 10.0. The predicted molar refractivity (Wildman–Crippen MR) is 197 cm³/mol. The molecule has 0 aliphatic heterocycles. The molecule has 0 radical (unpaired) electrons. The van der Waals surface area contributed by atoms with E-state index in [1.165, 1.54) is 65.7 Å². The molecule has 0 fully saturated rings. The quantitative estimate of drug-likeness (QED) is 0.185. The average molecular weight is 588 g/mol. The monoisotopic (exact) mass is 587 g/mol. The van der Waals surface area contributed by atoms with Crippen LogP contribution in [0.2, 0.25) is 0 Å². The highest BCUT2D eigenvalue weighted by Gasteiger charge is 2.35. The van der Waals surface area contributed by atoms with E-state index >= 15 is 0 Å². The maximum Gasteiger partial charge on any atom is 0.0540 e. The Bertz CT molecular complexity index is 2450. The number of benzene rings is 8. The molecule has 0 heterocycles. The third kappa shape index (κ3) is 4.02. The van der Waals surface area contributed by atoms with Crippen LogP contribution in [-0.2, 0) is 5.41 Å². The standard InChI is InChI=1S/C45H33N/c1-45(2)41-18-10-8-17-39(41)40-29-35(25-27-42(40)45)46(43-19-11-9-15-36(43)30-12-4-3-5-13-30)34-24-26-38-33(28-34)23-22-32-21-20-31-14-6-7-16-37(31)44(32)38/h3-29H,1-2H3. The maximum absolute atomic E-state index is 2.45. The molecule has 0 N–H and O–H groups in total. The van der Waals surface area contributed by atoms with E-state index < -0.39 is 0 Å². The van der Waals surface area contributed by atoms with Gasteiger partial charge in [0.2, 0.25) is 0 Å². The Hall–Kier alpha value is -5.66. The van der Waals surface area contributed by atoms with E-state index in [0.29, 0.717) is 0 Å². The Labute approximate surface area is 270 Å². The van der Waals surface area contributed by atoms with Gasteiger partial charge < -0.3 is 4.90 Å². The van der Waals surface area contributed by atoms with Gasteiger partial charge in [-0.15, -0.1) is 0 Å². The fourth-order valence-corrected chi connectivity index (χ4v) is 7.77. The van der Waals surface area contributed by atoms with Gasteiger partial charge in [0.1, 0.15) is 0 Å². The molecule has 0 saturated carbocycles. The lowest BCUT2D eigenvalue weighted by Gasteiger charge is -2.29. The van der Waals surface area contributed by atoms with Crippen molar-refractivity contribution in [2.75, 3.05) is 4.90 Å². The van der Waals surface area contributed by atoms with Crippen molar-refractivity contribution < 1.29 is 0 Å². The minimum Gasteiger partial charge on any atom is -0.310 e. The van der Waals surface area contributed by atoms with Crippen molar-refractivity contribution in [1.82, 2.24) is 0 Å². The van der Waals surface area contributed by atoms with Gasteiger partial charge in [0.05, 0.1) is 5.69 Å². The highest BCUT2D eigenvalue weighted by atomic mass is 15.1. The number of para-hydroxylation sites is 1. The number of hydrogen-bond acceptors (Lipinski definition) is 1. The van der Waals surface area contributed by atoms with Crippen LogP contribution < -0.4 is 4.90 Å². The largest absolute Gasteiger partial charge is 0.310 e. The minimum absolute atomic E-state index is 0.0377. The van der Waals surface area contributed by atoms with Crippen molar-refractivity contribution >= 4 is 49.4 Å². The zero-order valence-electron chi connectivity index (χ0n) is 26.0. The van der Waals surface area contributed by atoms with E-state index in [1.54, 1.807) is 0 Å². The lowest BCUT2D eigenvalue weighted by molar-refractivity contribution is 0.660. The molecule has 218 valence electrons. The SMILES string of the molecule is CC1(C)c2ccccc2-c2cc(N(c3ccc4c(ccc5ccc6ccccc6c54)c3)c3ccccc3-c3ccccc3)ccc21. The topological polar surface area (TPSA) is 3.24 Å². The summed E-state index contributed by atoms with van der Waals surface area (Å²) in [4.78, 5) is 2.45. The normalized spacial score (nSPS) is 13.2. The van der Waals surface area contributed by atoms with E-state index in [1.807, 2.05) is 0 Å². The van der Waals surface area contributed by atoms with Gasteiger partial charge in [-0.05, 0) is 90.5 Å². The van der Waals surface area contributed by atoms with Gasteiger partial charge in [-0.1, -0.05) is 147 Å². The van der Waals surface area contributed by atoms with Crippen molar-refractivity contribution in [3.8, 4) is 22.3 Å². The molecule has 9 rings (SSSR count). The second-order valence-corrected chi connectivity index (χ2v) is 13.0. The van der Waals surface area contributed by atoms with Gasteiger partial charge in [-0.3, -0.25) is 0 Å². The van der Waals surface area contributed by atoms with Gasteiger partial charge in [-0.25, -0.2) is 0 Å². The summed E-state index contributed by atoms with van der Waals surface area (Å²) >= 11 is 0. The Kier molecular flexibility index (Phi) is 5.92. The summed E-state index contributed by atoms with van der Waals surface area (Å²) in [5, 5.41) is 7.66. The molecule has 0 atom stereocenters. The van der Waals surface area contributed by atoms with E-state index in [2.05, 4.69) is 183 Å². The molecule has 0 amide bonds. The molecule has 1 nitrogen and oxygen atoms in total. The zero-order valence-corrected chi connectivity index (χ0v) is 26.0. The molecule has 1 heteroatoms. The Morgan fingerprint density at radius 2 is 1.02 bits per heavy atom. The van der Waals surface area contributed by atoms with E-state index in [4.69, 9.17) is 0 Å². The average Bonchev–Trinajstić information content (AvgIpc) is 3.34. The molecule has 8 aromatic carbocycles. The first-order chi connectivity index (χ1) is 22.6. The number of fused-ring (bicyclic) bond motifs is 8. The lowest BCUT2D eigenvalue weighted by Crippen LogP contribution is -2.15. The van der Waals surface area contributed by atoms with Crippen molar-refractivity contribution in [3.05, 3.63) is 175 Å². The zero-order chi connectivity index (χ0) is 30.8. The van der Waals surface area contributed by atoms with Gasteiger partial charge in [-0.2, -0.15) is 0 Å². The van der Waals surface area contributed by atoms with Crippen LogP contribution in [0.5, 0.6) is 0 Å². The summed E-state index contributed by atoms with van der Waals surface area (Å²) < 4.78 is 0. The van der Waals surface area contributed by atoms with Gasteiger partial charge in [0.25, 0.3) is 0 Å². The summed E-state index contributed by atoms with van der Waals surface area (Å²) in [6, 6.07) is 60.2. The summed E-state index contributed by atoms with van der Waals surface area (Å²) in [7, 11) is 0. The summed E-state index contributed by atoms with van der Waals surface area (Å²) in [5.41, 5.74) is 11.2. The van der Waals surface area contributed by atoms with E-state index in [-0.39, 0.29) is 5.41 Å². The molecule has 0 aromatic heterocycles. The number of hydrogen-bond donors (Lipinski definition) is 0. The molecular formula is C45H33N. The fraction of sp³-hybridized carbons (Fsp3) is 0.0667. The van der Waals surface area contributed by atoms with E-state index in [9.17, 15) is 0 Å². The molecule has 0 unspecified atom stereocenters. The van der Waals surface area contributed by atoms with E-state index in [0.717, 1.165) is 17.1 Å². The van der Waals surface area contributed by atoms with Crippen molar-refractivity contribution in [2.24, 2.45) is 0 Å². The first-order valence-electron chi connectivity index (χ1n) is 16.1. The molecule has 0 bridgehead atoms. The fourth-order valence-electron chi connectivity index (χ4n) is 7.77. The highest BCUT2D eigenvalue weighted by molar-refractivity contribution is 6.20. The van der Waals surface area contributed by atoms with Gasteiger partial charge in [0, 0.05) is 22.4 Å². The Balaban J connectivity index is 1.30. The van der Waals surface area contributed by atoms with Crippen molar-refractivity contribution in [3.63, 3.8) is 0 Å². The predicted octanol–water partition coefficient (Wildman–Crippen LogP) is 12.6. The van der Waals surface area contributed by atoms with Crippen LogP contribution in [0.15, 0.2) is 164 Å². The first kappa shape index (κ1) is 26.7. The minimum atomic E-state index is -0.0377. The summed E-state index contributed by atoms with van der Waals surface area (Å²) in [5.74, 6) is 0. The Morgan fingerprint density at radius 3 is 1.89 bits per heavy atom. The number of anilines is 3. The van der Waals surface area contributed by atoms with Gasteiger partial charge in [0.15, 0.2) is 0 Å². The molecule has 0 saturated heterocycles. The molecule has 46 heavy (non-hydrogen) atoms. The molecule has 8 aromatic rings. The number of rotatable bonds is 4. The second-order valence-electron chi connectivity index (χ2n) is 13.0. The smallest absolute Gasteiger partial charge is 0.0540 e. The molecule has 0 spiro atoms. The van der Waals surface area contributed by atoms with Crippen LogP contribution in [-0.4, -0.2) is 0 Å². The lowest BCUT2D eigenvalue weighted by atomic mass is 9.82. The highest BCUT2D eigenvalue weighted by Crippen LogP contribution is 2.51. The first-order valence-corrected chi connectivity index (χ1v) is 16.1. The maximum atomic E-state index is 2.45. The van der Waals surface area contributed by atoms with Crippen molar-refractivity contribution in [1.29, 1.82) is 0 Å².